The van der Waals surface area contributed by atoms with Crippen LogP contribution in [0.4, 0.5) is 5.69 Å². The molecule has 0 saturated carbocycles. The molecule has 2 aliphatic rings. The van der Waals surface area contributed by atoms with Crippen LogP contribution in [0.2, 0.25) is 0 Å². The number of amides is 1. The standard InChI is InChI=1S/C21H28N4O/c1-16-14-23(2)20(22-16)18-6-5-13-25(15-18)21(26)17-7-9-19(10-8-17)24-11-3-4-12-24/h7-10,14,18H,3-6,11-13,15H2,1-2H3. The molecule has 0 aliphatic carbocycles. The van der Waals surface area contributed by atoms with E-state index in [-0.39, 0.29) is 5.91 Å². The van der Waals surface area contributed by atoms with Crippen molar-refractivity contribution >= 4 is 11.6 Å². The van der Waals surface area contributed by atoms with E-state index in [0.29, 0.717) is 5.92 Å². The smallest absolute Gasteiger partial charge is 0.253 e. The molecule has 2 aliphatic heterocycles. The summed E-state index contributed by atoms with van der Waals surface area (Å²) in [6.45, 7) is 5.88. The number of benzene rings is 1. The topological polar surface area (TPSA) is 41.4 Å². The van der Waals surface area contributed by atoms with Crippen LogP contribution in [0.15, 0.2) is 30.5 Å². The second-order valence-corrected chi connectivity index (χ2v) is 7.68. The second-order valence-electron chi connectivity index (χ2n) is 7.68. The monoisotopic (exact) mass is 352 g/mol. The summed E-state index contributed by atoms with van der Waals surface area (Å²) in [6, 6.07) is 8.18. The minimum Gasteiger partial charge on any atom is -0.372 e. The predicted molar refractivity (Wildman–Crippen MR) is 104 cm³/mol. The fourth-order valence-corrected chi connectivity index (χ4v) is 4.36. The van der Waals surface area contributed by atoms with Crippen molar-refractivity contribution in [3.63, 3.8) is 0 Å². The van der Waals surface area contributed by atoms with Gasteiger partial charge in [0.2, 0.25) is 0 Å². The number of aryl methyl sites for hydroxylation is 2. The highest BCUT2D eigenvalue weighted by molar-refractivity contribution is 5.94. The molecule has 2 fully saturated rings. The van der Waals surface area contributed by atoms with Gasteiger partial charge in [0.05, 0.1) is 5.69 Å². The van der Waals surface area contributed by atoms with Crippen LogP contribution in [0, 0.1) is 6.92 Å². The maximum Gasteiger partial charge on any atom is 0.253 e. The number of hydrogen-bond donors (Lipinski definition) is 0. The van der Waals surface area contributed by atoms with Crippen LogP contribution in [0.1, 0.15) is 53.5 Å². The van der Waals surface area contributed by atoms with E-state index in [4.69, 9.17) is 0 Å². The van der Waals surface area contributed by atoms with Gasteiger partial charge in [-0.15, -0.1) is 0 Å². The summed E-state index contributed by atoms with van der Waals surface area (Å²) >= 11 is 0. The number of anilines is 1. The highest BCUT2D eigenvalue weighted by atomic mass is 16.2. The van der Waals surface area contributed by atoms with E-state index < -0.39 is 0 Å². The van der Waals surface area contributed by atoms with Crippen LogP contribution < -0.4 is 4.90 Å². The maximum absolute atomic E-state index is 13.0. The zero-order valence-electron chi connectivity index (χ0n) is 15.8. The molecule has 138 valence electrons. The largest absolute Gasteiger partial charge is 0.372 e. The molecule has 1 amide bonds. The normalized spacial score (nSPS) is 20.6. The summed E-state index contributed by atoms with van der Waals surface area (Å²) in [7, 11) is 2.05. The molecule has 0 radical (unpaired) electrons. The van der Waals surface area contributed by atoms with Gasteiger partial charge >= 0.3 is 0 Å². The molecule has 1 aromatic carbocycles. The molecule has 3 heterocycles. The van der Waals surface area contributed by atoms with Crippen molar-refractivity contribution < 1.29 is 4.79 Å². The highest BCUT2D eigenvalue weighted by Crippen LogP contribution is 2.27. The number of aromatic nitrogens is 2. The van der Waals surface area contributed by atoms with Crippen molar-refractivity contribution in [2.45, 2.75) is 38.5 Å². The summed E-state index contributed by atoms with van der Waals surface area (Å²) in [5.41, 5.74) is 3.08. The van der Waals surface area contributed by atoms with Crippen LogP contribution in [-0.4, -0.2) is 46.5 Å². The molecule has 0 spiro atoms. The van der Waals surface area contributed by atoms with Crippen molar-refractivity contribution in [2.24, 2.45) is 7.05 Å². The summed E-state index contributed by atoms with van der Waals surface area (Å²) in [4.78, 5) is 22.1. The molecule has 4 rings (SSSR count). The lowest BCUT2D eigenvalue weighted by atomic mass is 9.96. The van der Waals surface area contributed by atoms with Crippen LogP contribution >= 0.6 is 0 Å². The quantitative estimate of drug-likeness (QED) is 0.851. The first-order chi connectivity index (χ1) is 12.6. The molecule has 0 N–H and O–H groups in total. The van der Waals surface area contributed by atoms with Crippen LogP contribution in [0.3, 0.4) is 0 Å². The Hall–Kier alpha value is -2.30. The number of piperidine rings is 1. The zero-order valence-corrected chi connectivity index (χ0v) is 15.8. The fraction of sp³-hybridized carbons (Fsp3) is 0.524. The lowest BCUT2D eigenvalue weighted by molar-refractivity contribution is 0.0703. The van der Waals surface area contributed by atoms with Crippen LogP contribution in [0.5, 0.6) is 0 Å². The second kappa shape index (κ2) is 7.14. The molecule has 1 unspecified atom stereocenters. The molecular formula is C21H28N4O. The van der Waals surface area contributed by atoms with Crippen LogP contribution in [0.25, 0.3) is 0 Å². The van der Waals surface area contributed by atoms with E-state index in [1.165, 1.54) is 18.5 Å². The van der Waals surface area contributed by atoms with Gasteiger partial charge in [-0.3, -0.25) is 4.79 Å². The van der Waals surface area contributed by atoms with Crippen molar-refractivity contribution in [3.05, 3.63) is 47.5 Å². The van der Waals surface area contributed by atoms with E-state index >= 15 is 0 Å². The van der Waals surface area contributed by atoms with E-state index in [1.54, 1.807) is 0 Å². The van der Waals surface area contributed by atoms with E-state index in [9.17, 15) is 4.79 Å². The Bertz CT molecular complexity index is 774. The van der Waals surface area contributed by atoms with Gasteiger partial charge < -0.3 is 14.4 Å². The van der Waals surface area contributed by atoms with Gasteiger partial charge in [-0.2, -0.15) is 0 Å². The van der Waals surface area contributed by atoms with Gasteiger partial charge in [0.1, 0.15) is 5.82 Å². The number of rotatable bonds is 3. The SMILES string of the molecule is Cc1cn(C)c(C2CCCN(C(=O)c3ccc(N4CCCC4)cc3)C2)n1. The van der Waals surface area contributed by atoms with E-state index in [0.717, 1.165) is 56.1 Å². The van der Waals surface area contributed by atoms with Gasteiger partial charge in [0.15, 0.2) is 0 Å². The summed E-state index contributed by atoms with van der Waals surface area (Å²) in [5.74, 6) is 1.58. The number of carbonyl (C=O) groups excluding carboxylic acids is 1. The third-order valence-electron chi connectivity index (χ3n) is 5.69. The van der Waals surface area contributed by atoms with Gasteiger partial charge in [0, 0.05) is 56.6 Å². The molecular weight excluding hydrogens is 324 g/mol. The number of imidazole rings is 1. The van der Waals surface area contributed by atoms with Gasteiger partial charge in [-0.05, 0) is 56.9 Å². The van der Waals surface area contributed by atoms with Gasteiger partial charge in [-0.1, -0.05) is 0 Å². The first kappa shape index (κ1) is 17.1. The van der Waals surface area contributed by atoms with Crippen molar-refractivity contribution in [2.75, 3.05) is 31.1 Å². The minimum atomic E-state index is 0.147. The Kier molecular flexibility index (Phi) is 4.70. The first-order valence-electron chi connectivity index (χ1n) is 9.76. The molecule has 5 nitrogen and oxygen atoms in total. The Morgan fingerprint density at radius 1 is 1.08 bits per heavy atom. The average Bonchev–Trinajstić information content (AvgIpc) is 3.31. The molecule has 5 heteroatoms. The maximum atomic E-state index is 13.0. The first-order valence-corrected chi connectivity index (χ1v) is 9.76. The molecule has 2 aromatic rings. The van der Waals surface area contributed by atoms with Crippen LogP contribution in [-0.2, 0) is 7.05 Å². The summed E-state index contributed by atoms with van der Waals surface area (Å²) < 4.78 is 2.11. The number of hydrogen-bond acceptors (Lipinski definition) is 3. The predicted octanol–water partition coefficient (Wildman–Crippen LogP) is 3.35. The Balaban J connectivity index is 1.46. The Labute approximate surface area is 155 Å². The lowest BCUT2D eigenvalue weighted by Crippen LogP contribution is -2.39. The summed E-state index contributed by atoms with van der Waals surface area (Å²) in [6.07, 6.45) is 6.73. The Morgan fingerprint density at radius 3 is 2.46 bits per heavy atom. The Morgan fingerprint density at radius 2 is 1.81 bits per heavy atom. The van der Waals surface area contributed by atoms with Gasteiger partial charge in [-0.25, -0.2) is 4.98 Å². The third-order valence-corrected chi connectivity index (χ3v) is 5.69. The molecule has 1 atom stereocenters. The number of likely N-dealkylation sites (tertiary alicyclic amines) is 1. The average molecular weight is 352 g/mol. The van der Waals surface area contributed by atoms with E-state index in [2.05, 4.69) is 32.8 Å². The van der Waals surface area contributed by atoms with Crippen molar-refractivity contribution in [1.82, 2.24) is 14.5 Å². The van der Waals surface area contributed by atoms with Crippen molar-refractivity contribution in [3.8, 4) is 0 Å². The third kappa shape index (κ3) is 3.35. The molecule has 0 bridgehead atoms. The molecule has 1 aromatic heterocycles. The van der Waals surface area contributed by atoms with Crippen molar-refractivity contribution in [1.29, 1.82) is 0 Å². The lowest BCUT2D eigenvalue weighted by Gasteiger charge is -2.32. The molecule has 2 saturated heterocycles. The molecule has 26 heavy (non-hydrogen) atoms. The number of carbonyl (C=O) groups is 1. The number of nitrogens with zero attached hydrogens (tertiary/aromatic N) is 4. The highest BCUT2D eigenvalue weighted by Gasteiger charge is 2.28. The van der Waals surface area contributed by atoms with E-state index in [1.807, 2.05) is 31.0 Å². The van der Waals surface area contributed by atoms with Gasteiger partial charge in [0.25, 0.3) is 5.91 Å². The minimum absolute atomic E-state index is 0.147. The zero-order chi connectivity index (χ0) is 18.1. The fourth-order valence-electron chi connectivity index (χ4n) is 4.36. The summed E-state index contributed by atoms with van der Waals surface area (Å²) in [5, 5.41) is 0.